The maximum Gasteiger partial charge on any atom is 0.255 e. The highest BCUT2D eigenvalue weighted by Gasteiger charge is 2.28. The Bertz CT molecular complexity index is 952. The zero-order valence-corrected chi connectivity index (χ0v) is 15.0. The van der Waals surface area contributed by atoms with Gasteiger partial charge in [-0.05, 0) is 49.2 Å². The SMILES string of the molecule is CC(=O)Nc1cccc(NC(=O)c2cccc(S(=O)(=O)NC3CC3)c2)c1. The molecule has 26 heavy (non-hydrogen) atoms. The Labute approximate surface area is 151 Å². The molecule has 2 aromatic rings. The summed E-state index contributed by atoms with van der Waals surface area (Å²) in [7, 11) is -3.62. The van der Waals surface area contributed by atoms with Crippen LogP contribution in [0.15, 0.2) is 53.4 Å². The van der Waals surface area contributed by atoms with Crippen LogP contribution in [0, 0.1) is 0 Å². The summed E-state index contributed by atoms with van der Waals surface area (Å²) in [5, 5.41) is 5.33. The van der Waals surface area contributed by atoms with Gasteiger partial charge in [0.2, 0.25) is 15.9 Å². The second kappa shape index (κ2) is 7.27. The molecule has 1 fully saturated rings. The first kappa shape index (κ1) is 18.1. The van der Waals surface area contributed by atoms with E-state index in [-0.39, 0.29) is 22.4 Å². The summed E-state index contributed by atoms with van der Waals surface area (Å²) in [6.07, 6.45) is 1.67. The lowest BCUT2D eigenvalue weighted by molar-refractivity contribution is -0.114. The second-order valence-corrected chi connectivity index (χ2v) is 7.85. The summed E-state index contributed by atoms with van der Waals surface area (Å²) in [4.78, 5) is 23.6. The molecule has 0 atom stereocenters. The monoisotopic (exact) mass is 373 g/mol. The Balaban J connectivity index is 1.76. The zero-order valence-electron chi connectivity index (χ0n) is 14.2. The van der Waals surface area contributed by atoms with E-state index in [4.69, 9.17) is 0 Å². The molecule has 7 nitrogen and oxygen atoms in total. The first-order valence-electron chi connectivity index (χ1n) is 8.15. The van der Waals surface area contributed by atoms with Crippen LogP contribution in [0.25, 0.3) is 0 Å². The summed E-state index contributed by atoms with van der Waals surface area (Å²) < 4.78 is 27.1. The van der Waals surface area contributed by atoms with E-state index in [9.17, 15) is 18.0 Å². The fraction of sp³-hybridized carbons (Fsp3) is 0.222. The number of carbonyl (C=O) groups is 2. The van der Waals surface area contributed by atoms with Crippen molar-refractivity contribution in [3.63, 3.8) is 0 Å². The van der Waals surface area contributed by atoms with Crippen molar-refractivity contribution in [1.29, 1.82) is 0 Å². The van der Waals surface area contributed by atoms with Crippen LogP contribution >= 0.6 is 0 Å². The standard InChI is InChI=1S/C18H19N3O4S/c1-12(22)19-15-5-3-6-16(11-15)20-18(23)13-4-2-7-17(10-13)26(24,25)21-14-8-9-14/h2-7,10-11,14,21H,8-9H2,1H3,(H,19,22)(H,20,23). The highest BCUT2D eigenvalue weighted by Crippen LogP contribution is 2.23. The van der Waals surface area contributed by atoms with Crippen LogP contribution in [0.5, 0.6) is 0 Å². The molecule has 0 aromatic heterocycles. The van der Waals surface area contributed by atoms with E-state index in [2.05, 4.69) is 15.4 Å². The first-order chi connectivity index (χ1) is 12.3. The van der Waals surface area contributed by atoms with Gasteiger partial charge in [0, 0.05) is 29.9 Å². The van der Waals surface area contributed by atoms with Gasteiger partial charge in [-0.25, -0.2) is 13.1 Å². The molecule has 2 amide bonds. The lowest BCUT2D eigenvalue weighted by atomic mass is 10.2. The van der Waals surface area contributed by atoms with E-state index < -0.39 is 15.9 Å². The van der Waals surface area contributed by atoms with E-state index >= 15 is 0 Å². The molecule has 0 saturated heterocycles. The van der Waals surface area contributed by atoms with E-state index in [1.807, 2.05) is 0 Å². The fourth-order valence-corrected chi connectivity index (χ4v) is 3.72. The van der Waals surface area contributed by atoms with E-state index in [0.29, 0.717) is 11.4 Å². The van der Waals surface area contributed by atoms with Crippen molar-refractivity contribution in [2.75, 3.05) is 10.6 Å². The summed E-state index contributed by atoms with van der Waals surface area (Å²) in [6, 6.07) is 12.6. The van der Waals surface area contributed by atoms with Crippen molar-refractivity contribution in [1.82, 2.24) is 4.72 Å². The van der Waals surface area contributed by atoms with Gasteiger partial charge in [-0.1, -0.05) is 12.1 Å². The van der Waals surface area contributed by atoms with Crippen molar-refractivity contribution in [2.45, 2.75) is 30.7 Å². The third kappa shape index (κ3) is 4.68. The molecule has 0 radical (unpaired) electrons. The van der Waals surface area contributed by atoms with Crippen molar-refractivity contribution in [3.8, 4) is 0 Å². The Morgan fingerprint density at radius 3 is 2.27 bits per heavy atom. The maximum absolute atomic E-state index is 12.4. The number of amides is 2. The van der Waals surface area contributed by atoms with Crippen molar-refractivity contribution in [3.05, 3.63) is 54.1 Å². The minimum atomic E-state index is -3.62. The van der Waals surface area contributed by atoms with Crippen LogP contribution in [-0.4, -0.2) is 26.3 Å². The second-order valence-electron chi connectivity index (χ2n) is 6.14. The van der Waals surface area contributed by atoms with Crippen molar-refractivity contribution in [2.24, 2.45) is 0 Å². The van der Waals surface area contributed by atoms with E-state index in [0.717, 1.165) is 12.8 Å². The number of rotatable bonds is 6. The largest absolute Gasteiger partial charge is 0.326 e. The molecule has 8 heteroatoms. The topological polar surface area (TPSA) is 104 Å². The molecule has 136 valence electrons. The minimum Gasteiger partial charge on any atom is -0.326 e. The van der Waals surface area contributed by atoms with Crippen LogP contribution < -0.4 is 15.4 Å². The predicted molar refractivity (Wildman–Crippen MR) is 98.5 cm³/mol. The zero-order chi connectivity index (χ0) is 18.7. The molecule has 1 aliphatic rings. The number of benzene rings is 2. The fourth-order valence-electron chi connectivity index (χ4n) is 2.37. The van der Waals surface area contributed by atoms with Crippen LogP contribution in [0.4, 0.5) is 11.4 Å². The molecule has 0 heterocycles. The quantitative estimate of drug-likeness (QED) is 0.723. The summed E-state index contributed by atoms with van der Waals surface area (Å²) in [6.45, 7) is 1.40. The Kier molecular flexibility index (Phi) is 5.06. The molecule has 0 aliphatic heterocycles. The maximum atomic E-state index is 12.4. The van der Waals surface area contributed by atoms with E-state index in [1.54, 1.807) is 30.3 Å². The average molecular weight is 373 g/mol. The number of nitrogens with one attached hydrogen (secondary N) is 3. The van der Waals surface area contributed by atoms with Gasteiger partial charge in [0.25, 0.3) is 5.91 Å². The molecule has 0 unspecified atom stereocenters. The number of sulfonamides is 1. The third-order valence-corrected chi connectivity index (χ3v) is 5.26. The molecule has 1 saturated carbocycles. The minimum absolute atomic E-state index is 0.00556. The van der Waals surface area contributed by atoms with Crippen LogP contribution in [-0.2, 0) is 14.8 Å². The number of hydrogen-bond acceptors (Lipinski definition) is 4. The van der Waals surface area contributed by atoms with Gasteiger partial charge < -0.3 is 10.6 Å². The lowest BCUT2D eigenvalue weighted by Gasteiger charge is -2.10. The summed E-state index contributed by atoms with van der Waals surface area (Å²) in [5.41, 5.74) is 1.28. The molecule has 0 bridgehead atoms. The first-order valence-corrected chi connectivity index (χ1v) is 9.63. The average Bonchev–Trinajstić information content (AvgIpc) is 3.38. The normalized spacial score (nSPS) is 13.9. The van der Waals surface area contributed by atoms with Gasteiger partial charge in [-0.3, -0.25) is 9.59 Å². The molecular formula is C18H19N3O4S. The number of anilines is 2. The molecule has 3 N–H and O–H groups in total. The lowest BCUT2D eigenvalue weighted by Crippen LogP contribution is -2.26. The van der Waals surface area contributed by atoms with Gasteiger partial charge in [0.1, 0.15) is 0 Å². The molecule has 0 spiro atoms. The van der Waals surface area contributed by atoms with Gasteiger partial charge >= 0.3 is 0 Å². The predicted octanol–water partition coefficient (Wildman–Crippen LogP) is 2.34. The van der Waals surface area contributed by atoms with Gasteiger partial charge in [0.15, 0.2) is 0 Å². The smallest absolute Gasteiger partial charge is 0.255 e. The highest BCUT2D eigenvalue weighted by molar-refractivity contribution is 7.89. The molecule has 1 aliphatic carbocycles. The van der Waals surface area contributed by atoms with Gasteiger partial charge in [-0.2, -0.15) is 0 Å². The van der Waals surface area contributed by atoms with Crippen molar-refractivity contribution < 1.29 is 18.0 Å². The number of carbonyl (C=O) groups excluding carboxylic acids is 2. The number of hydrogen-bond donors (Lipinski definition) is 3. The molecule has 2 aromatic carbocycles. The third-order valence-electron chi connectivity index (χ3n) is 3.75. The summed E-state index contributed by atoms with van der Waals surface area (Å²) in [5.74, 6) is -0.650. The van der Waals surface area contributed by atoms with Gasteiger partial charge in [0.05, 0.1) is 4.90 Å². The Morgan fingerprint density at radius 2 is 1.62 bits per heavy atom. The van der Waals surface area contributed by atoms with Crippen molar-refractivity contribution >= 4 is 33.2 Å². The molecule has 3 rings (SSSR count). The summed E-state index contributed by atoms with van der Waals surface area (Å²) >= 11 is 0. The van der Waals surface area contributed by atoms with Crippen LogP contribution in [0.2, 0.25) is 0 Å². The van der Waals surface area contributed by atoms with Crippen LogP contribution in [0.3, 0.4) is 0 Å². The van der Waals surface area contributed by atoms with Crippen LogP contribution in [0.1, 0.15) is 30.1 Å². The Hall–Kier alpha value is -2.71. The molecular weight excluding hydrogens is 354 g/mol. The Morgan fingerprint density at radius 1 is 0.962 bits per heavy atom. The van der Waals surface area contributed by atoms with Gasteiger partial charge in [-0.15, -0.1) is 0 Å². The highest BCUT2D eigenvalue weighted by atomic mass is 32.2. The van der Waals surface area contributed by atoms with E-state index in [1.165, 1.54) is 25.1 Å².